The molecule has 4 nitrogen and oxygen atoms in total. The van der Waals surface area contributed by atoms with Crippen LogP contribution in [0.1, 0.15) is 5.56 Å². The molecular formula is C22H14F5IrN3O-2. The molecule has 0 saturated carbocycles. The number of alkyl halides is 3. The molecule has 3 heterocycles. The Hall–Kier alpha value is -3.10. The molecule has 0 fully saturated rings. The quantitative estimate of drug-likeness (QED) is 0.222. The van der Waals surface area contributed by atoms with Gasteiger partial charge in [0, 0.05) is 55.4 Å². The third-order valence-electron chi connectivity index (χ3n) is 3.97. The molecule has 32 heavy (non-hydrogen) atoms. The van der Waals surface area contributed by atoms with Crippen molar-refractivity contribution < 1.29 is 46.8 Å². The Balaban J connectivity index is 0.000000220. The van der Waals surface area contributed by atoms with Gasteiger partial charge >= 0.3 is 6.18 Å². The van der Waals surface area contributed by atoms with Crippen molar-refractivity contribution in [1.82, 2.24) is 15.0 Å². The number of hydrogen-bond acceptors (Lipinski definition) is 3. The number of halogens is 5. The molecule has 0 N–H and O–H groups in total. The number of benzene rings is 1. The second-order valence-electron chi connectivity index (χ2n) is 6.08. The van der Waals surface area contributed by atoms with Gasteiger partial charge in [-0.2, -0.15) is 19.4 Å². The van der Waals surface area contributed by atoms with E-state index < -0.39 is 23.4 Å². The topological polar surface area (TPSA) is 49.1 Å². The number of methoxy groups -OCH3 is 1. The summed E-state index contributed by atoms with van der Waals surface area (Å²) in [5.41, 5.74) is 0.413. The molecule has 4 rings (SSSR count). The van der Waals surface area contributed by atoms with Crippen LogP contribution < -0.4 is 9.72 Å². The maximum Gasteiger partial charge on any atom is 0.414 e. The zero-order chi connectivity index (χ0) is 22.4. The number of ether oxygens (including phenoxy) is 1. The van der Waals surface area contributed by atoms with Gasteiger partial charge in [0.1, 0.15) is 5.75 Å². The van der Waals surface area contributed by atoms with Gasteiger partial charge < -0.3 is 14.7 Å². The summed E-state index contributed by atoms with van der Waals surface area (Å²) in [7, 11) is 1.50. The second-order valence-corrected chi connectivity index (χ2v) is 6.08. The maximum absolute atomic E-state index is 13.4. The Kier molecular flexibility index (Phi) is 8.63. The Morgan fingerprint density at radius 3 is 2.31 bits per heavy atom. The number of nitrogens with zero attached hydrogens (tertiary/aromatic N) is 3. The predicted molar refractivity (Wildman–Crippen MR) is 103 cm³/mol. The van der Waals surface area contributed by atoms with Gasteiger partial charge in [0.15, 0.2) is 0 Å². The zero-order valence-corrected chi connectivity index (χ0v) is 18.7. The molecule has 0 unspecified atom stereocenters. The molecule has 169 valence electrons. The van der Waals surface area contributed by atoms with Crippen LogP contribution >= 0.6 is 0 Å². The zero-order valence-electron chi connectivity index (χ0n) is 16.3. The van der Waals surface area contributed by atoms with E-state index in [0.717, 1.165) is 24.4 Å². The van der Waals surface area contributed by atoms with Gasteiger partial charge in [-0.05, 0) is 30.0 Å². The first-order valence-electron chi connectivity index (χ1n) is 8.76. The molecule has 3 aromatic heterocycles. The third-order valence-corrected chi connectivity index (χ3v) is 3.97. The number of aromatic nitrogens is 3. The van der Waals surface area contributed by atoms with E-state index in [-0.39, 0.29) is 31.4 Å². The summed E-state index contributed by atoms with van der Waals surface area (Å²) >= 11 is 0. The second kappa shape index (κ2) is 11.0. The minimum atomic E-state index is -4.35. The van der Waals surface area contributed by atoms with Crippen LogP contribution in [0.15, 0.2) is 67.1 Å². The number of hydrogen-bond donors (Lipinski definition) is 0. The van der Waals surface area contributed by atoms with Crippen LogP contribution in [-0.4, -0.2) is 17.1 Å². The van der Waals surface area contributed by atoms with Crippen LogP contribution in [0.2, 0.25) is 0 Å². The largest absolute Gasteiger partial charge is 0.662 e. The fraction of sp³-hybridized carbons (Fsp3) is 0.0909. The maximum atomic E-state index is 13.4. The monoisotopic (exact) mass is 624 g/mol. The van der Waals surface area contributed by atoms with Crippen LogP contribution in [-0.2, 0) is 26.3 Å². The van der Waals surface area contributed by atoms with Gasteiger partial charge in [0.2, 0.25) is 0 Å². The van der Waals surface area contributed by atoms with Crippen molar-refractivity contribution in [3.8, 4) is 28.4 Å². The van der Waals surface area contributed by atoms with E-state index in [1.54, 1.807) is 30.3 Å². The van der Waals surface area contributed by atoms with Gasteiger partial charge in [0.05, 0.1) is 7.11 Å². The summed E-state index contributed by atoms with van der Waals surface area (Å²) in [5.74, 6) is -0.799. The van der Waals surface area contributed by atoms with Gasteiger partial charge in [-0.3, -0.25) is 13.8 Å². The molecular weight excluding hydrogens is 609 g/mol. The first kappa shape index (κ1) is 25.2. The summed E-state index contributed by atoms with van der Waals surface area (Å²) < 4.78 is 67.9. The van der Waals surface area contributed by atoms with E-state index >= 15 is 0 Å². The molecule has 0 bridgehead atoms. The first-order valence-corrected chi connectivity index (χ1v) is 8.76. The van der Waals surface area contributed by atoms with Crippen molar-refractivity contribution in [2.45, 2.75) is 6.18 Å². The fourth-order valence-electron chi connectivity index (χ4n) is 2.49. The standard InChI is InChI=1S/C12H8F2NO.C10H6F3N2.Ir/c1-16-9-4-5-15-12(7-9)10-3-2-8(13)6-11(10)14;11-10(12,13)7-5-9(15-6-7)8-3-1-2-4-14-8;/h2,4-7H,1H3;1-6H;/q2*-1;. The Morgan fingerprint density at radius 1 is 0.969 bits per heavy atom. The van der Waals surface area contributed by atoms with Crippen LogP contribution in [0.25, 0.3) is 22.6 Å². The molecule has 1 aromatic carbocycles. The van der Waals surface area contributed by atoms with Crippen molar-refractivity contribution in [3.05, 3.63) is 90.4 Å². The van der Waals surface area contributed by atoms with E-state index in [1.807, 2.05) is 0 Å². The minimum absolute atomic E-state index is 0. The van der Waals surface area contributed by atoms with E-state index in [1.165, 1.54) is 19.5 Å². The minimum Gasteiger partial charge on any atom is -0.662 e. The van der Waals surface area contributed by atoms with Crippen molar-refractivity contribution in [2.24, 2.45) is 0 Å². The van der Waals surface area contributed by atoms with Crippen molar-refractivity contribution >= 4 is 0 Å². The van der Waals surface area contributed by atoms with Crippen LogP contribution in [0, 0.1) is 17.7 Å². The Labute approximate surface area is 193 Å². The molecule has 0 aliphatic carbocycles. The molecule has 0 aliphatic heterocycles. The molecule has 0 saturated heterocycles. The van der Waals surface area contributed by atoms with Crippen molar-refractivity contribution in [3.63, 3.8) is 0 Å². The van der Waals surface area contributed by atoms with Crippen molar-refractivity contribution in [1.29, 1.82) is 0 Å². The predicted octanol–water partition coefficient (Wildman–Crippen LogP) is 5.56. The van der Waals surface area contributed by atoms with Gasteiger partial charge in [0.25, 0.3) is 0 Å². The SMILES string of the molecule is COc1ccnc(-c2[c-]cc(F)cc2F)c1.FC(F)(F)c1c[n-]c(-c2ccccn2)c1.[Ir]. The first-order chi connectivity index (χ1) is 14.8. The van der Waals surface area contributed by atoms with Gasteiger partial charge in [-0.15, -0.1) is 17.8 Å². The summed E-state index contributed by atoms with van der Waals surface area (Å²) in [6, 6.07) is 13.6. The van der Waals surface area contributed by atoms with Crippen LogP contribution in [0.4, 0.5) is 22.0 Å². The van der Waals surface area contributed by atoms with Crippen LogP contribution in [0.3, 0.4) is 0 Å². The Morgan fingerprint density at radius 2 is 1.72 bits per heavy atom. The normalized spacial score (nSPS) is 10.6. The molecule has 0 amide bonds. The average molecular weight is 624 g/mol. The summed E-state index contributed by atoms with van der Waals surface area (Å²) in [6.07, 6.45) is -0.536. The summed E-state index contributed by atoms with van der Waals surface area (Å²) in [6.45, 7) is 0. The van der Waals surface area contributed by atoms with Gasteiger partial charge in [-0.1, -0.05) is 23.8 Å². The molecule has 0 aliphatic rings. The van der Waals surface area contributed by atoms with E-state index in [0.29, 0.717) is 17.1 Å². The average Bonchev–Trinajstić information content (AvgIpc) is 3.26. The molecule has 1 radical (unpaired) electrons. The smallest absolute Gasteiger partial charge is 0.414 e. The third kappa shape index (κ3) is 6.45. The summed E-state index contributed by atoms with van der Waals surface area (Å²) in [5, 5.41) is 0. The van der Waals surface area contributed by atoms with E-state index in [2.05, 4.69) is 21.0 Å². The molecule has 0 spiro atoms. The van der Waals surface area contributed by atoms with Crippen molar-refractivity contribution in [2.75, 3.05) is 7.11 Å². The Bertz CT molecular complexity index is 1150. The van der Waals surface area contributed by atoms with E-state index in [4.69, 9.17) is 4.74 Å². The van der Waals surface area contributed by atoms with Gasteiger partial charge in [-0.25, -0.2) is 0 Å². The number of pyridine rings is 2. The van der Waals surface area contributed by atoms with Crippen LogP contribution in [0.5, 0.6) is 5.75 Å². The number of rotatable bonds is 3. The summed E-state index contributed by atoms with van der Waals surface area (Å²) in [4.78, 5) is 11.6. The molecule has 0 atom stereocenters. The molecule has 4 aromatic rings. The fourth-order valence-corrected chi connectivity index (χ4v) is 2.49. The van der Waals surface area contributed by atoms with E-state index in [9.17, 15) is 22.0 Å². The molecule has 10 heteroatoms.